The highest BCUT2D eigenvalue weighted by atomic mass is 35.5. The van der Waals surface area contributed by atoms with E-state index in [9.17, 15) is 9.90 Å². The molecule has 2 N–H and O–H groups in total. The monoisotopic (exact) mass is 442 g/mol. The zero-order valence-electron chi connectivity index (χ0n) is 18.6. The van der Waals surface area contributed by atoms with E-state index in [1.54, 1.807) is 0 Å². The van der Waals surface area contributed by atoms with E-state index in [0.717, 1.165) is 43.8 Å². The van der Waals surface area contributed by atoms with Crippen LogP contribution in [-0.4, -0.2) is 41.3 Å². The molecule has 2 aromatic carbocycles. The van der Waals surface area contributed by atoms with Crippen LogP contribution in [0.25, 0.3) is 0 Å². The summed E-state index contributed by atoms with van der Waals surface area (Å²) >= 11 is 6.01. The van der Waals surface area contributed by atoms with E-state index >= 15 is 0 Å². The van der Waals surface area contributed by atoms with Crippen LogP contribution in [0, 0.1) is 5.92 Å². The Morgan fingerprint density at radius 3 is 2.35 bits per heavy atom. The van der Waals surface area contributed by atoms with E-state index in [2.05, 4.69) is 48.3 Å². The lowest BCUT2D eigenvalue weighted by Crippen LogP contribution is -2.55. The first-order valence-electron chi connectivity index (χ1n) is 11.4. The molecule has 0 radical (unpaired) electrons. The minimum atomic E-state index is -0.663. The molecular weight excluding hydrogens is 408 g/mol. The third kappa shape index (κ3) is 7.06. The van der Waals surface area contributed by atoms with Crippen LogP contribution in [-0.2, 0) is 11.2 Å². The number of halogens is 1. The predicted molar refractivity (Wildman–Crippen MR) is 127 cm³/mol. The minimum absolute atomic E-state index is 0.0183. The van der Waals surface area contributed by atoms with Crippen LogP contribution in [0.4, 0.5) is 0 Å². The van der Waals surface area contributed by atoms with Crippen molar-refractivity contribution >= 4 is 17.5 Å². The van der Waals surface area contributed by atoms with E-state index in [1.807, 2.05) is 30.3 Å². The maximum Gasteiger partial charge on any atom is 0.220 e. The van der Waals surface area contributed by atoms with Crippen LogP contribution in [0.3, 0.4) is 0 Å². The Labute approximate surface area is 191 Å². The van der Waals surface area contributed by atoms with Gasteiger partial charge in [0.1, 0.15) is 6.23 Å². The second kappa shape index (κ2) is 11.7. The van der Waals surface area contributed by atoms with Crippen LogP contribution in [0.15, 0.2) is 54.6 Å². The van der Waals surface area contributed by atoms with Crippen molar-refractivity contribution < 1.29 is 9.90 Å². The first-order chi connectivity index (χ1) is 14.9. The van der Waals surface area contributed by atoms with Crippen LogP contribution < -0.4 is 5.32 Å². The standard InChI is InChI=1S/C26H35ClN2O2/c1-19(2)25(28-24(30)10-6-9-20-7-4-3-5-8-20)26(31)29-17-15-22(16-18-29)21-11-13-23(27)14-12-21/h3-5,7-8,11-14,19,22,25-26,31H,6,9-10,15-18H2,1-2H3,(H,28,30)/t25-,26-/m1/s1. The van der Waals surface area contributed by atoms with Gasteiger partial charge in [0.25, 0.3) is 0 Å². The molecule has 31 heavy (non-hydrogen) atoms. The average Bonchev–Trinajstić information content (AvgIpc) is 2.78. The number of likely N-dealkylation sites (tertiary alicyclic amines) is 1. The Bertz CT molecular complexity index is 802. The Kier molecular flexibility index (Phi) is 8.94. The number of rotatable bonds is 9. The number of aryl methyl sites for hydroxylation is 1. The van der Waals surface area contributed by atoms with Gasteiger partial charge in [0.05, 0.1) is 6.04 Å². The second-order valence-electron chi connectivity index (χ2n) is 8.95. The number of carbonyl (C=O) groups excluding carboxylic acids is 1. The summed E-state index contributed by atoms with van der Waals surface area (Å²) in [5, 5.41) is 14.9. The normalized spacial score (nSPS) is 17.5. The lowest BCUT2D eigenvalue weighted by molar-refractivity contribution is -0.125. The Morgan fingerprint density at radius 1 is 1.10 bits per heavy atom. The summed E-state index contributed by atoms with van der Waals surface area (Å²) in [6, 6.07) is 18.1. The highest BCUT2D eigenvalue weighted by molar-refractivity contribution is 6.30. The van der Waals surface area contributed by atoms with Crippen LogP contribution in [0.5, 0.6) is 0 Å². The van der Waals surface area contributed by atoms with Crippen LogP contribution in [0.1, 0.15) is 56.6 Å². The van der Waals surface area contributed by atoms with Gasteiger partial charge in [-0.15, -0.1) is 0 Å². The highest BCUT2D eigenvalue weighted by Gasteiger charge is 2.32. The average molecular weight is 443 g/mol. The molecule has 1 amide bonds. The predicted octanol–water partition coefficient (Wildman–Crippen LogP) is 5.00. The number of aliphatic hydroxyl groups is 1. The molecule has 0 aromatic heterocycles. The molecule has 1 heterocycles. The molecule has 0 bridgehead atoms. The quantitative estimate of drug-likeness (QED) is 0.574. The lowest BCUT2D eigenvalue weighted by Gasteiger charge is -2.40. The number of carbonyl (C=O) groups is 1. The fourth-order valence-corrected chi connectivity index (χ4v) is 4.53. The summed E-state index contributed by atoms with van der Waals surface area (Å²) in [6.45, 7) is 5.75. The van der Waals surface area contributed by atoms with E-state index in [-0.39, 0.29) is 17.9 Å². The molecule has 1 aliphatic heterocycles. The SMILES string of the molecule is CC(C)[C@@H](NC(=O)CCCc1ccccc1)[C@@H](O)N1CCC(c2ccc(Cl)cc2)CC1. The van der Waals surface area contributed by atoms with Crippen molar-refractivity contribution in [2.45, 2.75) is 64.1 Å². The van der Waals surface area contributed by atoms with Crippen molar-refractivity contribution in [2.24, 2.45) is 5.92 Å². The van der Waals surface area contributed by atoms with Gasteiger partial charge in [-0.3, -0.25) is 9.69 Å². The van der Waals surface area contributed by atoms with Gasteiger partial charge in [-0.1, -0.05) is 67.9 Å². The molecule has 2 aromatic rings. The molecule has 0 aliphatic carbocycles. The van der Waals surface area contributed by atoms with E-state index in [1.165, 1.54) is 11.1 Å². The number of aliphatic hydroxyl groups excluding tert-OH is 1. The van der Waals surface area contributed by atoms with Crippen LogP contribution in [0.2, 0.25) is 5.02 Å². The maximum absolute atomic E-state index is 12.5. The van der Waals surface area contributed by atoms with Gasteiger partial charge in [-0.2, -0.15) is 0 Å². The summed E-state index contributed by atoms with van der Waals surface area (Å²) in [4.78, 5) is 14.7. The maximum atomic E-state index is 12.5. The van der Waals surface area contributed by atoms with Gasteiger partial charge >= 0.3 is 0 Å². The molecule has 0 saturated carbocycles. The fraction of sp³-hybridized carbons (Fsp3) is 0.500. The molecule has 1 saturated heterocycles. The minimum Gasteiger partial charge on any atom is -0.376 e. The number of amides is 1. The summed E-state index contributed by atoms with van der Waals surface area (Å²) in [5.41, 5.74) is 2.56. The molecule has 1 fully saturated rings. The largest absolute Gasteiger partial charge is 0.376 e. The molecular formula is C26H35ClN2O2. The van der Waals surface area contributed by atoms with E-state index < -0.39 is 6.23 Å². The third-order valence-electron chi connectivity index (χ3n) is 6.32. The fourth-order valence-electron chi connectivity index (χ4n) is 4.40. The molecule has 5 heteroatoms. The van der Waals surface area contributed by atoms with E-state index in [4.69, 9.17) is 11.6 Å². The van der Waals surface area contributed by atoms with Gasteiger partial charge in [0, 0.05) is 24.5 Å². The molecule has 3 rings (SSSR count). The number of hydrogen-bond donors (Lipinski definition) is 2. The van der Waals surface area contributed by atoms with Crippen molar-refractivity contribution in [1.82, 2.24) is 10.2 Å². The first kappa shape index (κ1) is 23.8. The number of piperidine rings is 1. The summed E-state index contributed by atoms with van der Waals surface area (Å²) in [6.07, 6.45) is 3.50. The highest BCUT2D eigenvalue weighted by Crippen LogP contribution is 2.30. The summed E-state index contributed by atoms with van der Waals surface area (Å²) < 4.78 is 0. The van der Waals surface area contributed by atoms with Gasteiger partial charge in [0.2, 0.25) is 5.91 Å². The molecule has 0 spiro atoms. The van der Waals surface area contributed by atoms with Crippen molar-refractivity contribution in [3.05, 3.63) is 70.7 Å². The molecule has 168 valence electrons. The smallest absolute Gasteiger partial charge is 0.220 e. The topological polar surface area (TPSA) is 52.6 Å². The second-order valence-corrected chi connectivity index (χ2v) is 9.39. The lowest BCUT2D eigenvalue weighted by atomic mass is 9.88. The molecule has 0 unspecified atom stereocenters. The van der Waals surface area contributed by atoms with Gasteiger partial charge in [0.15, 0.2) is 0 Å². The van der Waals surface area contributed by atoms with Crippen molar-refractivity contribution in [1.29, 1.82) is 0 Å². The summed E-state index contributed by atoms with van der Waals surface area (Å²) in [5.74, 6) is 0.664. The summed E-state index contributed by atoms with van der Waals surface area (Å²) in [7, 11) is 0. The molecule has 1 aliphatic rings. The number of hydrogen-bond acceptors (Lipinski definition) is 3. The molecule has 2 atom stereocenters. The van der Waals surface area contributed by atoms with Crippen molar-refractivity contribution in [3.8, 4) is 0 Å². The van der Waals surface area contributed by atoms with Crippen molar-refractivity contribution in [3.63, 3.8) is 0 Å². The van der Waals surface area contributed by atoms with Gasteiger partial charge in [-0.05, 0) is 60.8 Å². The third-order valence-corrected chi connectivity index (χ3v) is 6.58. The van der Waals surface area contributed by atoms with Gasteiger partial charge in [-0.25, -0.2) is 0 Å². The Morgan fingerprint density at radius 2 is 1.74 bits per heavy atom. The molecule has 4 nitrogen and oxygen atoms in total. The van der Waals surface area contributed by atoms with Gasteiger partial charge < -0.3 is 10.4 Å². The number of benzene rings is 2. The van der Waals surface area contributed by atoms with Crippen molar-refractivity contribution in [2.75, 3.05) is 13.1 Å². The first-order valence-corrected chi connectivity index (χ1v) is 11.8. The number of nitrogens with one attached hydrogen (secondary N) is 1. The Hall–Kier alpha value is -1.88. The zero-order chi connectivity index (χ0) is 22.2. The number of nitrogens with zero attached hydrogens (tertiary/aromatic N) is 1. The zero-order valence-corrected chi connectivity index (χ0v) is 19.4. The Balaban J connectivity index is 1.47. The van der Waals surface area contributed by atoms with Crippen LogP contribution >= 0.6 is 11.6 Å². The van der Waals surface area contributed by atoms with E-state index in [0.29, 0.717) is 12.3 Å².